The number of rotatable bonds is 4. The van der Waals surface area contributed by atoms with E-state index in [2.05, 4.69) is 29.1 Å². The van der Waals surface area contributed by atoms with Crippen LogP contribution in [-0.2, 0) is 9.53 Å². The van der Waals surface area contributed by atoms with Gasteiger partial charge in [0.15, 0.2) is 0 Å². The molecule has 0 saturated carbocycles. The second kappa shape index (κ2) is 6.65. The number of carbonyl (C=O) groups is 1. The third kappa shape index (κ3) is 3.66. The van der Waals surface area contributed by atoms with Crippen molar-refractivity contribution in [3.8, 4) is 0 Å². The van der Waals surface area contributed by atoms with Crippen molar-refractivity contribution in [2.75, 3.05) is 31.6 Å². The Morgan fingerprint density at radius 3 is 2.65 bits per heavy atom. The number of anilines is 1. The summed E-state index contributed by atoms with van der Waals surface area (Å²) in [5, 5.41) is 3.15. The van der Waals surface area contributed by atoms with Gasteiger partial charge in [-0.05, 0) is 12.8 Å². The number of hydrogen-bond donors (Lipinski definition) is 1. The summed E-state index contributed by atoms with van der Waals surface area (Å²) in [6.07, 6.45) is 1.53. The SMILES string of the molecule is CC(Nc1cc(C(C)C)ncn1)C(=O)N1CCOCC1. The van der Waals surface area contributed by atoms with Gasteiger partial charge in [-0.25, -0.2) is 9.97 Å². The Kier molecular flexibility index (Phi) is 4.89. The molecule has 0 bridgehead atoms. The van der Waals surface area contributed by atoms with E-state index in [0.717, 1.165) is 5.69 Å². The molecule has 1 aliphatic heterocycles. The van der Waals surface area contributed by atoms with Crippen molar-refractivity contribution in [1.82, 2.24) is 14.9 Å². The van der Waals surface area contributed by atoms with Crippen LogP contribution in [0.1, 0.15) is 32.4 Å². The first-order valence-electron chi connectivity index (χ1n) is 7.03. The van der Waals surface area contributed by atoms with Gasteiger partial charge in [-0.3, -0.25) is 4.79 Å². The lowest BCUT2D eigenvalue weighted by molar-refractivity contribution is -0.135. The number of nitrogens with one attached hydrogen (secondary N) is 1. The lowest BCUT2D eigenvalue weighted by Crippen LogP contribution is -2.47. The fourth-order valence-electron chi connectivity index (χ4n) is 2.11. The highest BCUT2D eigenvalue weighted by Gasteiger charge is 2.22. The van der Waals surface area contributed by atoms with E-state index in [4.69, 9.17) is 4.74 Å². The van der Waals surface area contributed by atoms with E-state index in [9.17, 15) is 4.79 Å². The fraction of sp³-hybridized carbons (Fsp3) is 0.643. The number of hydrogen-bond acceptors (Lipinski definition) is 5. The summed E-state index contributed by atoms with van der Waals surface area (Å²) in [5.74, 6) is 1.11. The molecule has 0 spiro atoms. The fourth-order valence-corrected chi connectivity index (χ4v) is 2.11. The van der Waals surface area contributed by atoms with Gasteiger partial charge >= 0.3 is 0 Å². The van der Waals surface area contributed by atoms with Crippen LogP contribution in [0.3, 0.4) is 0 Å². The van der Waals surface area contributed by atoms with Crippen molar-refractivity contribution in [2.45, 2.75) is 32.7 Å². The quantitative estimate of drug-likeness (QED) is 0.898. The van der Waals surface area contributed by atoms with Crippen LogP contribution in [0.5, 0.6) is 0 Å². The molecule has 1 aromatic heterocycles. The Bertz CT molecular complexity index is 458. The Balaban J connectivity index is 1.97. The molecule has 110 valence electrons. The summed E-state index contributed by atoms with van der Waals surface area (Å²) in [7, 11) is 0. The molecule has 0 aromatic carbocycles. The lowest BCUT2D eigenvalue weighted by atomic mass is 10.1. The van der Waals surface area contributed by atoms with Crippen LogP contribution in [0.2, 0.25) is 0 Å². The minimum atomic E-state index is -0.303. The highest BCUT2D eigenvalue weighted by molar-refractivity contribution is 5.84. The predicted octanol–water partition coefficient (Wildman–Crippen LogP) is 1.26. The van der Waals surface area contributed by atoms with Crippen molar-refractivity contribution in [1.29, 1.82) is 0 Å². The average Bonchev–Trinajstić information content (AvgIpc) is 2.47. The molecular formula is C14H22N4O2. The van der Waals surface area contributed by atoms with Crippen LogP contribution in [0.15, 0.2) is 12.4 Å². The number of amides is 1. The molecule has 6 nitrogen and oxygen atoms in total. The number of carbonyl (C=O) groups excluding carboxylic acids is 1. The molecular weight excluding hydrogens is 256 g/mol. The maximum atomic E-state index is 12.3. The molecule has 6 heteroatoms. The molecule has 1 saturated heterocycles. The largest absolute Gasteiger partial charge is 0.378 e. The van der Waals surface area contributed by atoms with Gasteiger partial charge < -0.3 is 15.0 Å². The number of morpholine rings is 1. The first-order valence-corrected chi connectivity index (χ1v) is 7.03. The molecule has 1 N–H and O–H groups in total. The monoisotopic (exact) mass is 278 g/mol. The second-order valence-corrected chi connectivity index (χ2v) is 5.29. The minimum absolute atomic E-state index is 0.0815. The number of aromatic nitrogens is 2. The normalized spacial score (nSPS) is 17.1. The summed E-state index contributed by atoms with van der Waals surface area (Å²) >= 11 is 0. The summed E-state index contributed by atoms with van der Waals surface area (Å²) < 4.78 is 5.26. The van der Waals surface area contributed by atoms with E-state index in [1.165, 1.54) is 6.33 Å². The molecule has 2 rings (SSSR count). The topological polar surface area (TPSA) is 67.4 Å². The third-order valence-corrected chi connectivity index (χ3v) is 3.34. The highest BCUT2D eigenvalue weighted by atomic mass is 16.5. The van der Waals surface area contributed by atoms with E-state index >= 15 is 0 Å². The van der Waals surface area contributed by atoms with Crippen LogP contribution < -0.4 is 5.32 Å². The van der Waals surface area contributed by atoms with Gasteiger partial charge in [0.2, 0.25) is 5.91 Å². The molecule has 1 fully saturated rings. The van der Waals surface area contributed by atoms with E-state index in [1.807, 2.05) is 17.9 Å². The molecule has 20 heavy (non-hydrogen) atoms. The zero-order chi connectivity index (χ0) is 14.5. The van der Waals surface area contributed by atoms with Gasteiger partial charge in [-0.2, -0.15) is 0 Å². The average molecular weight is 278 g/mol. The summed E-state index contributed by atoms with van der Waals surface area (Å²) in [6, 6.07) is 1.59. The van der Waals surface area contributed by atoms with Gasteiger partial charge in [0.05, 0.1) is 13.2 Å². The van der Waals surface area contributed by atoms with Crippen molar-refractivity contribution in [3.63, 3.8) is 0 Å². The standard InChI is InChI=1S/C14H22N4O2/c1-10(2)12-8-13(16-9-15-12)17-11(3)14(19)18-4-6-20-7-5-18/h8-11H,4-7H2,1-3H3,(H,15,16,17). The van der Waals surface area contributed by atoms with Crippen molar-refractivity contribution in [3.05, 3.63) is 18.1 Å². The second-order valence-electron chi connectivity index (χ2n) is 5.29. The van der Waals surface area contributed by atoms with Crippen LogP contribution in [0, 0.1) is 0 Å². The molecule has 1 unspecified atom stereocenters. The molecule has 1 amide bonds. The van der Waals surface area contributed by atoms with E-state index in [-0.39, 0.29) is 11.9 Å². The zero-order valence-electron chi connectivity index (χ0n) is 12.3. The lowest BCUT2D eigenvalue weighted by Gasteiger charge is -2.29. The Labute approximate surface area is 119 Å². The first-order chi connectivity index (χ1) is 9.58. The Hall–Kier alpha value is -1.69. The maximum absolute atomic E-state index is 12.3. The van der Waals surface area contributed by atoms with Gasteiger partial charge in [-0.15, -0.1) is 0 Å². The predicted molar refractivity (Wildman–Crippen MR) is 76.6 cm³/mol. The highest BCUT2D eigenvalue weighted by Crippen LogP contribution is 2.14. The summed E-state index contributed by atoms with van der Waals surface area (Å²) in [5.41, 5.74) is 0.966. The maximum Gasteiger partial charge on any atom is 0.244 e. The zero-order valence-corrected chi connectivity index (χ0v) is 12.3. The van der Waals surface area contributed by atoms with Crippen LogP contribution >= 0.6 is 0 Å². The van der Waals surface area contributed by atoms with Crippen molar-refractivity contribution < 1.29 is 9.53 Å². The van der Waals surface area contributed by atoms with Gasteiger partial charge in [-0.1, -0.05) is 13.8 Å². The smallest absolute Gasteiger partial charge is 0.244 e. The van der Waals surface area contributed by atoms with Crippen molar-refractivity contribution in [2.24, 2.45) is 0 Å². The third-order valence-electron chi connectivity index (χ3n) is 3.34. The molecule has 2 heterocycles. The summed E-state index contributed by atoms with van der Waals surface area (Å²) in [6.45, 7) is 8.56. The molecule has 1 aromatic rings. The minimum Gasteiger partial charge on any atom is -0.378 e. The van der Waals surface area contributed by atoms with E-state index in [0.29, 0.717) is 38.0 Å². The van der Waals surface area contributed by atoms with Crippen LogP contribution in [0.25, 0.3) is 0 Å². The van der Waals surface area contributed by atoms with E-state index in [1.54, 1.807) is 0 Å². The molecule has 1 aliphatic rings. The summed E-state index contributed by atoms with van der Waals surface area (Å²) in [4.78, 5) is 22.5. The molecule has 0 radical (unpaired) electrons. The Morgan fingerprint density at radius 1 is 1.30 bits per heavy atom. The molecule has 1 atom stereocenters. The first kappa shape index (κ1) is 14.7. The van der Waals surface area contributed by atoms with Gasteiger partial charge in [0.1, 0.15) is 18.2 Å². The molecule has 0 aliphatic carbocycles. The van der Waals surface area contributed by atoms with Crippen molar-refractivity contribution >= 4 is 11.7 Å². The van der Waals surface area contributed by atoms with Crippen LogP contribution in [-0.4, -0.2) is 53.1 Å². The Morgan fingerprint density at radius 2 is 2.00 bits per heavy atom. The number of nitrogens with zero attached hydrogens (tertiary/aromatic N) is 3. The number of ether oxygens (including phenoxy) is 1. The van der Waals surface area contributed by atoms with E-state index < -0.39 is 0 Å². The van der Waals surface area contributed by atoms with Gasteiger partial charge in [0, 0.05) is 24.8 Å². The van der Waals surface area contributed by atoms with Gasteiger partial charge in [0.25, 0.3) is 0 Å². The van der Waals surface area contributed by atoms with Crippen LogP contribution in [0.4, 0.5) is 5.82 Å².